The second kappa shape index (κ2) is 7.27. The first kappa shape index (κ1) is 14.8. The van der Waals surface area contributed by atoms with Crippen molar-refractivity contribution in [3.05, 3.63) is 0 Å². The van der Waals surface area contributed by atoms with Crippen molar-refractivity contribution in [2.24, 2.45) is 0 Å². The Balaban J connectivity index is 2.52. The second-order valence-electron chi connectivity index (χ2n) is 4.79. The molecule has 0 aromatic carbocycles. The first-order valence-corrected chi connectivity index (χ1v) is 7.93. The summed E-state index contributed by atoms with van der Waals surface area (Å²) in [6.07, 6.45) is 3.45. The van der Waals surface area contributed by atoms with Gasteiger partial charge in [0.25, 0.3) is 0 Å². The maximum Gasteiger partial charge on any atom is 0.241 e. The van der Waals surface area contributed by atoms with Crippen LogP contribution in [0.25, 0.3) is 0 Å². The van der Waals surface area contributed by atoms with Crippen molar-refractivity contribution >= 4 is 17.7 Å². The number of nitrogens with one attached hydrogen (secondary N) is 1. The van der Waals surface area contributed by atoms with Gasteiger partial charge in [-0.05, 0) is 26.0 Å². The van der Waals surface area contributed by atoms with Crippen LogP contribution in [0.5, 0.6) is 0 Å². The van der Waals surface area contributed by atoms with Crippen LogP contribution in [0, 0.1) is 0 Å². The fraction of sp³-hybridized carbons (Fsp3) is 0.923. The third kappa shape index (κ3) is 3.88. The molecule has 0 aromatic rings. The minimum absolute atomic E-state index is 0.0547. The highest BCUT2D eigenvalue weighted by Crippen LogP contribution is 2.20. The van der Waals surface area contributed by atoms with Gasteiger partial charge in [-0.1, -0.05) is 26.7 Å². The van der Waals surface area contributed by atoms with Crippen molar-refractivity contribution in [3.8, 4) is 0 Å². The lowest BCUT2D eigenvalue weighted by molar-refractivity contribution is -0.131. The molecule has 4 heteroatoms. The Morgan fingerprint density at radius 3 is 2.76 bits per heavy atom. The minimum Gasteiger partial charge on any atom is -0.323 e. The highest BCUT2D eigenvalue weighted by atomic mass is 32.2. The number of unbranched alkanes of at least 4 members (excludes halogenated alkanes) is 1. The molecule has 100 valence electrons. The fourth-order valence-corrected chi connectivity index (χ4v) is 3.13. The molecule has 1 aliphatic heterocycles. The van der Waals surface area contributed by atoms with Gasteiger partial charge in [0.15, 0.2) is 0 Å². The van der Waals surface area contributed by atoms with Crippen LogP contribution in [-0.2, 0) is 4.79 Å². The lowest BCUT2D eigenvalue weighted by atomic mass is 10.1. The number of amides is 1. The summed E-state index contributed by atoms with van der Waals surface area (Å²) in [7, 11) is 0. The third-order valence-electron chi connectivity index (χ3n) is 3.30. The molecule has 1 fully saturated rings. The standard InChI is InChI=1S/C13H26N2OS/c1-5-7-8-12-13(16)15(11(4)14-12)10(3)9-17-6-2/h10-12,14H,5-9H2,1-4H3. The molecule has 1 rings (SSSR count). The Kier molecular flexibility index (Phi) is 6.34. The first-order valence-electron chi connectivity index (χ1n) is 6.77. The van der Waals surface area contributed by atoms with Crippen molar-refractivity contribution in [1.82, 2.24) is 10.2 Å². The van der Waals surface area contributed by atoms with Crippen molar-refractivity contribution in [2.75, 3.05) is 11.5 Å². The monoisotopic (exact) mass is 258 g/mol. The molecule has 1 aliphatic rings. The van der Waals surface area contributed by atoms with E-state index < -0.39 is 0 Å². The van der Waals surface area contributed by atoms with Gasteiger partial charge in [0.05, 0.1) is 12.2 Å². The maximum atomic E-state index is 12.3. The minimum atomic E-state index is 0.0547. The topological polar surface area (TPSA) is 32.3 Å². The summed E-state index contributed by atoms with van der Waals surface area (Å²) in [5.41, 5.74) is 0. The molecule has 1 saturated heterocycles. The molecule has 0 spiro atoms. The zero-order chi connectivity index (χ0) is 12.8. The van der Waals surface area contributed by atoms with Gasteiger partial charge in [-0.15, -0.1) is 0 Å². The number of carbonyl (C=O) groups is 1. The van der Waals surface area contributed by atoms with E-state index in [9.17, 15) is 4.79 Å². The molecule has 3 unspecified atom stereocenters. The average molecular weight is 258 g/mol. The summed E-state index contributed by atoms with van der Waals surface area (Å²) in [4.78, 5) is 14.3. The molecule has 0 bridgehead atoms. The highest BCUT2D eigenvalue weighted by molar-refractivity contribution is 7.99. The van der Waals surface area contributed by atoms with Crippen LogP contribution in [0.2, 0.25) is 0 Å². The van der Waals surface area contributed by atoms with Crippen molar-refractivity contribution in [2.45, 2.75) is 65.2 Å². The Labute approximate surface area is 110 Å². The summed E-state index contributed by atoms with van der Waals surface area (Å²) in [5, 5.41) is 3.41. The predicted octanol–water partition coefficient (Wildman–Crippen LogP) is 2.46. The van der Waals surface area contributed by atoms with E-state index in [0.717, 1.165) is 30.8 Å². The number of thioether (sulfide) groups is 1. The van der Waals surface area contributed by atoms with Gasteiger partial charge in [0.1, 0.15) is 0 Å². The number of carbonyl (C=O) groups excluding carboxylic acids is 1. The zero-order valence-corrected chi connectivity index (χ0v) is 12.3. The fourth-order valence-electron chi connectivity index (χ4n) is 2.40. The molecule has 17 heavy (non-hydrogen) atoms. The summed E-state index contributed by atoms with van der Waals surface area (Å²) < 4.78 is 0. The largest absolute Gasteiger partial charge is 0.323 e. The van der Waals surface area contributed by atoms with E-state index in [4.69, 9.17) is 0 Å². The van der Waals surface area contributed by atoms with Crippen LogP contribution in [0.3, 0.4) is 0 Å². The molecule has 0 aromatic heterocycles. The number of nitrogens with zero attached hydrogens (tertiary/aromatic N) is 1. The molecule has 1 N–H and O–H groups in total. The molecule has 1 amide bonds. The van der Waals surface area contributed by atoms with E-state index in [2.05, 4.69) is 33.0 Å². The molecule has 0 aliphatic carbocycles. The van der Waals surface area contributed by atoms with Crippen LogP contribution < -0.4 is 5.32 Å². The van der Waals surface area contributed by atoms with Crippen molar-refractivity contribution in [3.63, 3.8) is 0 Å². The van der Waals surface area contributed by atoms with Crippen LogP contribution in [0.1, 0.15) is 47.0 Å². The van der Waals surface area contributed by atoms with Gasteiger partial charge in [0, 0.05) is 11.8 Å². The highest BCUT2D eigenvalue weighted by Gasteiger charge is 2.38. The molecule has 0 radical (unpaired) electrons. The molecular formula is C13H26N2OS. The van der Waals surface area contributed by atoms with Crippen LogP contribution >= 0.6 is 11.8 Å². The molecule has 3 nitrogen and oxygen atoms in total. The van der Waals surface area contributed by atoms with Gasteiger partial charge in [-0.25, -0.2) is 0 Å². The number of hydrogen-bond donors (Lipinski definition) is 1. The Morgan fingerprint density at radius 2 is 2.18 bits per heavy atom. The summed E-state index contributed by atoms with van der Waals surface area (Å²) in [6, 6.07) is 0.389. The third-order valence-corrected chi connectivity index (χ3v) is 4.42. The van der Waals surface area contributed by atoms with Crippen molar-refractivity contribution < 1.29 is 4.79 Å². The lowest BCUT2D eigenvalue weighted by Gasteiger charge is -2.28. The van der Waals surface area contributed by atoms with Gasteiger partial charge < -0.3 is 4.90 Å². The smallest absolute Gasteiger partial charge is 0.241 e. The Hall–Kier alpha value is -0.220. The van der Waals surface area contributed by atoms with Crippen LogP contribution in [0.4, 0.5) is 0 Å². The zero-order valence-electron chi connectivity index (χ0n) is 11.5. The Morgan fingerprint density at radius 1 is 1.47 bits per heavy atom. The molecule has 0 saturated carbocycles. The quantitative estimate of drug-likeness (QED) is 0.761. The molecular weight excluding hydrogens is 232 g/mol. The Bertz CT molecular complexity index is 248. The van der Waals surface area contributed by atoms with E-state index in [1.807, 2.05) is 16.7 Å². The van der Waals surface area contributed by atoms with E-state index in [1.165, 1.54) is 0 Å². The molecule has 3 atom stereocenters. The molecule has 1 heterocycles. The summed E-state index contributed by atoms with van der Waals surface area (Å²) in [5.74, 6) is 2.46. The van der Waals surface area contributed by atoms with Crippen LogP contribution in [-0.4, -0.2) is 40.6 Å². The van der Waals surface area contributed by atoms with E-state index in [-0.39, 0.29) is 12.2 Å². The van der Waals surface area contributed by atoms with Gasteiger partial charge in [0.2, 0.25) is 5.91 Å². The normalized spacial score (nSPS) is 26.6. The lowest BCUT2D eigenvalue weighted by Crippen LogP contribution is -2.42. The summed E-state index contributed by atoms with van der Waals surface area (Å²) >= 11 is 1.90. The predicted molar refractivity (Wildman–Crippen MR) is 75.2 cm³/mol. The van der Waals surface area contributed by atoms with Crippen LogP contribution in [0.15, 0.2) is 0 Å². The van der Waals surface area contributed by atoms with E-state index in [1.54, 1.807) is 0 Å². The summed E-state index contributed by atoms with van der Waals surface area (Å²) in [6.45, 7) is 8.58. The first-order chi connectivity index (χ1) is 8.11. The maximum absolute atomic E-state index is 12.3. The number of hydrogen-bond acceptors (Lipinski definition) is 3. The van der Waals surface area contributed by atoms with Gasteiger partial charge in [-0.3, -0.25) is 10.1 Å². The average Bonchev–Trinajstić information content (AvgIpc) is 2.59. The van der Waals surface area contributed by atoms with E-state index in [0.29, 0.717) is 11.9 Å². The number of rotatable bonds is 7. The second-order valence-corrected chi connectivity index (χ2v) is 6.11. The van der Waals surface area contributed by atoms with Gasteiger partial charge >= 0.3 is 0 Å². The van der Waals surface area contributed by atoms with Gasteiger partial charge in [-0.2, -0.15) is 11.8 Å². The SMILES string of the molecule is CCCCC1NC(C)N(C(C)CSCC)C1=O. The van der Waals surface area contributed by atoms with E-state index >= 15 is 0 Å². The van der Waals surface area contributed by atoms with Crippen molar-refractivity contribution in [1.29, 1.82) is 0 Å².